The zero-order valence-corrected chi connectivity index (χ0v) is 12.0. The first-order valence-electron chi connectivity index (χ1n) is 6.73. The van der Waals surface area contributed by atoms with Gasteiger partial charge < -0.3 is 13.7 Å². The largest absolute Gasteiger partial charge is 0.440 e. The summed E-state index contributed by atoms with van der Waals surface area (Å²) in [6.07, 6.45) is 2.95. The fourth-order valence-corrected chi connectivity index (χ4v) is 3.49. The number of fused-ring (bicyclic) bond motifs is 4. The third kappa shape index (κ3) is 1.61. The molecule has 0 N–H and O–H groups in total. The SMILES string of the molecule is CC1(C)Cc2c(oc3nc4n(c(=S)c23)CCC4)CO1. The van der Waals surface area contributed by atoms with Crippen molar-refractivity contribution in [1.82, 2.24) is 9.55 Å². The molecule has 0 fully saturated rings. The van der Waals surface area contributed by atoms with E-state index in [0.717, 1.165) is 47.4 Å². The number of hydrogen-bond donors (Lipinski definition) is 0. The van der Waals surface area contributed by atoms with Crippen molar-refractivity contribution in [3.05, 3.63) is 21.8 Å². The van der Waals surface area contributed by atoms with Gasteiger partial charge in [0.05, 0.1) is 11.0 Å². The minimum absolute atomic E-state index is 0.157. The molecule has 0 unspecified atom stereocenters. The van der Waals surface area contributed by atoms with Crippen LogP contribution in [0.15, 0.2) is 4.42 Å². The molecule has 2 aromatic heterocycles. The van der Waals surface area contributed by atoms with Gasteiger partial charge in [0.15, 0.2) is 0 Å². The van der Waals surface area contributed by atoms with Crippen LogP contribution in [0.3, 0.4) is 0 Å². The summed E-state index contributed by atoms with van der Waals surface area (Å²) in [6.45, 7) is 5.71. The van der Waals surface area contributed by atoms with E-state index >= 15 is 0 Å². The molecule has 19 heavy (non-hydrogen) atoms. The average Bonchev–Trinajstić information content (AvgIpc) is 2.92. The van der Waals surface area contributed by atoms with Crippen molar-refractivity contribution in [1.29, 1.82) is 0 Å². The van der Waals surface area contributed by atoms with Crippen molar-refractivity contribution in [3.8, 4) is 0 Å². The molecule has 4 rings (SSSR count). The molecule has 0 aliphatic carbocycles. The molecule has 0 radical (unpaired) electrons. The highest BCUT2D eigenvalue weighted by Crippen LogP contribution is 2.36. The van der Waals surface area contributed by atoms with Gasteiger partial charge in [0.25, 0.3) is 0 Å². The lowest BCUT2D eigenvalue weighted by Gasteiger charge is -2.29. The first-order chi connectivity index (χ1) is 9.05. The van der Waals surface area contributed by atoms with Crippen LogP contribution in [0.25, 0.3) is 11.1 Å². The van der Waals surface area contributed by atoms with E-state index in [1.165, 1.54) is 5.56 Å². The lowest BCUT2D eigenvalue weighted by atomic mass is 9.94. The zero-order valence-electron chi connectivity index (χ0n) is 11.2. The third-order valence-electron chi connectivity index (χ3n) is 4.05. The summed E-state index contributed by atoms with van der Waals surface area (Å²) in [6, 6.07) is 0. The molecule has 0 saturated carbocycles. The van der Waals surface area contributed by atoms with Gasteiger partial charge >= 0.3 is 0 Å². The summed E-state index contributed by atoms with van der Waals surface area (Å²) in [5.74, 6) is 1.96. The van der Waals surface area contributed by atoms with Gasteiger partial charge in [-0.3, -0.25) is 0 Å². The average molecular weight is 276 g/mol. The van der Waals surface area contributed by atoms with Crippen molar-refractivity contribution >= 4 is 23.3 Å². The van der Waals surface area contributed by atoms with Crippen molar-refractivity contribution in [3.63, 3.8) is 0 Å². The molecule has 5 heteroatoms. The molecule has 0 atom stereocenters. The van der Waals surface area contributed by atoms with Gasteiger partial charge in [0.1, 0.15) is 22.8 Å². The van der Waals surface area contributed by atoms with E-state index < -0.39 is 0 Å². The second kappa shape index (κ2) is 3.67. The zero-order chi connectivity index (χ0) is 13.2. The van der Waals surface area contributed by atoms with Crippen LogP contribution in [0, 0.1) is 4.64 Å². The Bertz CT molecular complexity index is 742. The minimum Gasteiger partial charge on any atom is -0.440 e. The van der Waals surface area contributed by atoms with Gasteiger partial charge in [-0.2, -0.15) is 4.98 Å². The Kier molecular flexibility index (Phi) is 2.24. The van der Waals surface area contributed by atoms with Crippen LogP contribution < -0.4 is 0 Å². The van der Waals surface area contributed by atoms with E-state index in [1.807, 2.05) is 0 Å². The van der Waals surface area contributed by atoms with Crippen LogP contribution in [0.4, 0.5) is 0 Å². The van der Waals surface area contributed by atoms with Crippen LogP contribution in [-0.2, 0) is 30.7 Å². The molecule has 4 heterocycles. The molecule has 4 nitrogen and oxygen atoms in total. The van der Waals surface area contributed by atoms with E-state index in [-0.39, 0.29) is 5.60 Å². The molecule has 0 bridgehead atoms. The molecular weight excluding hydrogens is 260 g/mol. The maximum atomic E-state index is 5.87. The fraction of sp³-hybridized carbons (Fsp3) is 0.571. The summed E-state index contributed by atoms with van der Waals surface area (Å²) in [7, 11) is 0. The molecular formula is C14H16N2O2S. The monoisotopic (exact) mass is 276 g/mol. The molecule has 0 aromatic carbocycles. The van der Waals surface area contributed by atoms with E-state index in [0.29, 0.717) is 12.3 Å². The number of rotatable bonds is 0. The first kappa shape index (κ1) is 11.6. The number of nitrogens with zero attached hydrogens (tertiary/aromatic N) is 2. The van der Waals surface area contributed by atoms with Crippen molar-refractivity contribution in [2.75, 3.05) is 0 Å². The van der Waals surface area contributed by atoms with E-state index in [4.69, 9.17) is 21.4 Å². The van der Waals surface area contributed by atoms with Crippen molar-refractivity contribution in [2.24, 2.45) is 0 Å². The number of ether oxygens (including phenoxy) is 1. The van der Waals surface area contributed by atoms with Crippen LogP contribution in [0.1, 0.15) is 37.4 Å². The third-order valence-corrected chi connectivity index (χ3v) is 4.48. The highest BCUT2D eigenvalue weighted by molar-refractivity contribution is 7.71. The second-order valence-electron chi connectivity index (χ2n) is 6.00. The van der Waals surface area contributed by atoms with Gasteiger partial charge in [-0.05, 0) is 20.3 Å². The molecule has 2 aromatic rings. The quantitative estimate of drug-likeness (QED) is 0.693. The smallest absolute Gasteiger partial charge is 0.231 e. The second-order valence-corrected chi connectivity index (χ2v) is 6.38. The minimum atomic E-state index is -0.157. The highest BCUT2D eigenvalue weighted by Gasteiger charge is 2.32. The van der Waals surface area contributed by atoms with Gasteiger partial charge in [-0.15, -0.1) is 0 Å². The maximum Gasteiger partial charge on any atom is 0.231 e. The highest BCUT2D eigenvalue weighted by atomic mass is 32.1. The van der Waals surface area contributed by atoms with Crippen LogP contribution in [-0.4, -0.2) is 15.2 Å². The number of aromatic nitrogens is 2. The Morgan fingerprint density at radius 3 is 3.05 bits per heavy atom. The summed E-state index contributed by atoms with van der Waals surface area (Å²) in [5, 5.41) is 1.03. The summed E-state index contributed by atoms with van der Waals surface area (Å²) >= 11 is 5.66. The number of hydrogen-bond acceptors (Lipinski definition) is 4. The summed E-state index contributed by atoms with van der Waals surface area (Å²) < 4.78 is 14.7. The van der Waals surface area contributed by atoms with Gasteiger partial charge in [0, 0.05) is 24.9 Å². The van der Waals surface area contributed by atoms with Gasteiger partial charge in [-0.1, -0.05) is 12.2 Å². The van der Waals surface area contributed by atoms with Crippen molar-refractivity contribution in [2.45, 2.75) is 51.9 Å². The molecule has 100 valence electrons. The topological polar surface area (TPSA) is 40.2 Å². The predicted molar refractivity (Wildman–Crippen MR) is 73.7 cm³/mol. The summed E-state index contributed by atoms with van der Waals surface area (Å²) in [4.78, 5) is 4.64. The Labute approximate surface area is 116 Å². The molecule has 0 spiro atoms. The van der Waals surface area contributed by atoms with E-state index in [2.05, 4.69) is 23.4 Å². The summed E-state index contributed by atoms with van der Waals surface area (Å²) in [5.41, 5.74) is 1.74. The Morgan fingerprint density at radius 1 is 1.37 bits per heavy atom. The lowest BCUT2D eigenvalue weighted by Crippen LogP contribution is -2.31. The fourth-order valence-electron chi connectivity index (χ4n) is 3.08. The van der Waals surface area contributed by atoms with E-state index in [9.17, 15) is 0 Å². The lowest BCUT2D eigenvalue weighted by molar-refractivity contribution is -0.0476. The molecule has 0 saturated heterocycles. The van der Waals surface area contributed by atoms with Crippen LogP contribution in [0.5, 0.6) is 0 Å². The van der Waals surface area contributed by atoms with Gasteiger partial charge in [-0.25, -0.2) is 0 Å². The van der Waals surface area contributed by atoms with Gasteiger partial charge in [0.2, 0.25) is 5.71 Å². The number of aryl methyl sites for hydroxylation is 1. The maximum absolute atomic E-state index is 5.87. The number of furan rings is 1. The Morgan fingerprint density at radius 2 is 2.21 bits per heavy atom. The normalized spacial score (nSPS) is 20.5. The van der Waals surface area contributed by atoms with Crippen LogP contribution in [0.2, 0.25) is 0 Å². The molecule has 2 aliphatic rings. The molecule has 2 aliphatic heterocycles. The first-order valence-corrected chi connectivity index (χ1v) is 7.14. The Hall–Kier alpha value is -1.20. The standard InChI is InChI=1S/C14H16N2O2S/c1-14(2)6-8-9(7-17-14)18-12-11(8)13(19)16-5-3-4-10(16)15-12/h3-7H2,1-2H3. The van der Waals surface area contributed by atoms with Crippen LogP contribution >= 0.6 is 12.2 Å². The van der Waals surface area contributed by atoms with Crippen molar-refractivity contribution < 1.29 is 9.15 Å². The molecule has 0 amide bonds. The predicted octanol–water partition coefficient (Wildman–Crippen LogP) is 3.16. The van der Waals surface area contributed by atoms with E-state index in [1.54, 1.807) is 0 Å². The Balaban J connectivity index is 2.04.